The van der Waals surface area contributed by atoms with Gasteiger partial charge in [-0.05, 0) is 59.3 Å². The summed E-state index contributed by atoms with van der Waals surface area (Å²) in [6, 6.07) is 0. The van der Waals surface area contributed by atoms with Gasteiger partial charge in [0.2, 0.25) is 0 Å². The van der Waals surface area contributed by atoms with Crippen molar-refractivity contribution in [1.29, 1.82) is 0 Å². The summed E-state index contributed by atoms with van der Waals surface area (Å²) >= 11 is 0. The summed E-state index contributed by atoms with van der Waals surface area (Å²) in [4.78, 5) is 34.9. The van der Waals surface area contributed by atoms with Crippen molar-refractivity contribution in [1.82, 2.24) is 0 Å². The van der Waals surface area contributed by atoms with Crippen LogP contribution in [0.25, 0.3) is 0 Å². The predicted octanol–water partition coefficient (Wildman–Crippen LogP) is 8.56. The maximum Gasteiger partial charge on any atom is 0.311 e. The minimum Gasteiger partial charge on any atom is -0.481 e. The molecule has 0 spiro atoms. The molecule has 3 N–H and O–H groups in total. The minimum absolute atomic E-state index is 0.226. The second-order valence-corrected chi connectivity index (χ2v) is 12.7. The molecule has 0 aromatic heterocycles. The van der Waals surface area contributed by atoms with Crippen LogP contribution in [0, 0.1) is 17.8 Å². The van der Waals surface area contributed by atoms with Crippen LogP contribution in [0.2, 0.25) is 0 Å². The van der Waals surface area contributed by atoms with Crippen molar-refractivity contribution in [3.05, 3.63) is 12.2 Å². The predicted molar refractivity (Wildman–Crippen MR) is 168 cm³/mol. The molecular weight excluding hydrogens is 518 g/mol. The fourth-order valence-corrected chi connectivity index (χ4v) is 5.88. The highest BCUT2D eigenvalue weighted by molar-refractivity contribution is 5.70. The van der Waals surface area contributed by atoms with Gasteiger partial charge in [0.05, 0.1) is 26.2 Å². The molecule has 0 amide bonds. The molecule has 0 aliphatic rings. The van der Waals surface area contributed by atoms with Crippen LogP contribution in [0.1, 0.15) is 143 Å². The van der Waals surface area contributed by atoms with E-state index in [2.05, 4.69) is 19.1 Å². The number of unbranched alkanes of at least 4 members (excludes halogenated alkanes) is 16. The van der Waals surface area contributed by atoms with E-state index in [4.69, 9.17) is 0 Å². The summed E-state index contributed by atoms with van der Waals surface area (Å²) < 4.78 is 0.226. The van der Waals surface area contributed by atoms with Crippen molar-refractivity contribution < 1.29 is 34.2 Å². The first-order valence-corrected chi connectivity index (χ1v) is 16.7. The van der Waals surface area contributed by atoms with Gasteiger partial charge in [0.1, 0.15) is 17.8 Å². The molecule has 3 unspecified atom stereocenters. The fraction of sp³-hybridized carbons (Fsp3) is 0.853. The Morgan fingerprint density at radius 3 is 1.12 bits per heavy atom. The molecule has 0 aliphatic heterocycles. The average molecular weight is 583 g/mol. The van der Waals surface area contributed by atoms with E-state index in [1.165, 1.54) is 96.3 Å². The number of carbonyl (C=O) groups is 3. The van der Waals surface area contributed by atoms with Gasteiger partial charge in [-0.25, -0.2) is 0 Å². The third-order valence-corrected chi connectivity index (χ3v) is 8.39. The molecule has 3 atom stereocenters. The molecule has 0 aromatic rings. The third-order valence-electron chi connectivity index (χ3n) is 8.39. The molecule has 0 heterocycles. The second kappa shape index (κ2) is 24.7. The number of carboxylic acid groups (broad SMARTS) is 3. The topological polar surface area (TPSA) is 112 Å². The molecule has 0 rings (SSSR count). The number of nitrogens with zero attached hydrogens (tertiary/aromatic N) is 1. The van der Waals surface area contributed by atoms with Crippen molar-refractivity contribution in [3.8, 4) is 0 Å². The van der Waals surface area contributed by atoms with Gasteiger partial charge in [-0.3, -0.25) is 14.4 Å². The zero-order valence-electron chi connectivity index (χ0n) is 27.0. The van der Waals surface area contributed by atoms with Gasteiger partial charge < -0.3 is 19.8 Å². The van der Waals surface area contributed by atoms with Crippen LogP contribution >= 0.6 is 0 Å². The standard InChI is InChI=1S/C34H63NO6/c1-5-6-7-8-9-10-11-12-13-14-15-16-17-18-19-20-21-22-23-24-25-35(26-29(2)32(36)37,27-30(3)33(38)39)28-31(4)34(40)41/h10-11,29-31H,5-9,12-28H2,1-4H3,(H2-,36,37,38,39,40,41)/p+1/b11-10+. The molecular formula is C34H64NO6+. The summed E-state index contributed by atoms with van der Waals surface area (Å²) in [6.07, 6.45) is 27.1. The molecule has 0 aliphatic carbocycles. The molecule has 0 saturated carbocycles. The number of allylic oxidation sites excluding steroid dienone is 2. The van der Waals surface area contributed by atoms with Gasteiger partial charge in [-0.2, -0.15) is 0 Å². The smallest absolute Gasteiger partial charge is 0.311 e. The quantitative estimate of drug-likeness (QED) is 0.0463. The van der Waals surface area contributed by atoms with E-state index in [1.807, 2.05) is 0 Å². The van der Waals surface area contributed by atoms with Crippen molar-refractivity contribution in [2.24, 2.45) is 17.8 Å². The highest BCUT2D eigenvalue weighted by Gasteiger charge is 2.38. The maximum atomic E-state index is 11.6. The van der Waals surface area contributed by atoms with Crippen LogP contribution in [-0.4, -0.2) is 63.9 Å². The summed E-state index contributed by atoms with van der Waals surface area (Å²) in [6.45, 7) is 8.49. The van der Waals surface area contributed by atoms with E-state index in [0.717, 1.165) is 19.3 Å². The van der Waals surface area contributed by atoms with Crippen LogP contribution in [0.15, 0.2) is 12.2 Å². The number of quaternary nitrogens is 1. The Balaban J connectivity index is 4.24. The Labute approximate surface area is 251 Å². The van der Waals surface area contributed by atoms with E-state index in [-0.39, 0.29) is 24.1 Å². The SMILES string of the molecule is CCCCCC/C=C/CCCCCCCCCCCCCC[N+](CC(C)C(=O)O)(CC(C)C(=O)O)CC(C)C(=O)O. The second-order valence-electron chi connectivity index (χ2n) is 12.7. The lowest BCUT2D eigenvalue weighted by molar-refractivity contribution is -0.934. The zero-order chi connectivity index (χ0) is 30.9. The van der Waals surface area contributed by atoms with Gasteiger partial charge in [0.25, 0.3) is 0 Å². The van der Waals surface area contributed by atoms with Gasteiger partial charge in [0.15, 0.2) is 0 Å². The Morgan fingerprint density at radius 1 is 0.512 bits per heavy atom. The number of rotatable bonds is 29. The largest absolute Gasteiger partial charge is 0.481 e. The first-order valence-electron chi connectivity index (χ1n) is 16.7. The summed E-state index contributed by atoms with van der Waals surface area (Å²) in [5.41, 5.74) is 0. The Morgan fingerprint density at radius 2 is 0.805 bits per heavy atom. The molecule has 0 aromatic carbocycles. The van der Waals surface area contributed by atoms with Crippen molar-refractivity contribution in [2.75, 3.05) is 26.2 Å². The van der Waals surface area contributed by atoms with Crippen LogP contribution in [0.5, 0.6) is 0 Å². The Kier molecular flexibility index (Phi) is 23.5. The monoisotopic (exact) mass is 582 g/mol. The van der Waals surface area contributed by atoms with Crippen molar-refractivity contribution in [2.45, 2.75) is 143 Å². The first kappa shape index (κ1) is 39.1. The van der Waals surface area contributed by atoms with Crippen molar-refractivity contribution >= 4 is 17.9 Å². The number of carboxylic acids is 3. The summed E-state index contributed by atoms with van der Waals surface area (Å²) in [5, 5.41) is 28.6. The number of hydrogen-bond donors (Lipinski definition) is 3. The molecule has 0 saturated heterocycles. The molecule has 240 valence electrons. The highest BCUT2D eigenvalue weighted by Crippen LogP contribution is 2.22. The van der Waals surface area contributed by atoms with Gasteiger partial charge in [-0.15, -0.1) is 0 Å². The third kappa shape index (κ3) is 21.5. The Hall–Kier alpha value is -1.89. The number of hydrogen-bond acceptors (Lipinski definition) is 3. The molecule has 0 fully saturated rings. The summed E-state index contributed by atoms with van der Waals surface area (Å²) in [7, 11) is 0. The zero-order valence-corrected chi connectivity index (χ0v) is 27.0. The van der Waals surface area contributed by atoms with Crippen LogP contribution < -0.4 is 0 Å². The lowest BCUT2D eigenvalue weighted by Crippen LogP contribution is -2.57. The van der Waals surface area contributed by atoms with E-state index in [0.29, 0.717) is 6.54 Å². The van der Waals surface area contributed by atoms with Gasteiger partial charge in [-0.1, -0.05) is 96.1 Å². The number of aliphatic carboxylic acids is 3. The molecule has 7 nitrogen and oxygen atoms in total. The molecule has 0 bridgehead atoms. The molecule has 7 heteroatoms. The van der Waals surface area contributed by atoms with Crippen LogP contribution in [-0.2, 0) is 14.4 Å². The fourth-order valence-electron chi connectivity index (χ4n) is 5.88. The molecule has 0 radical (unpaired) electrons. The van der Waals surface area contributed by atoms with E-state index >= 15 is 0 Å². The van der Waals surface area contributed by atoms with Gasteiger partial charge in [0, 0.05) is 0 Å². The lowest BCUT2D eigenvalue weighted by atomic mass is 10.00. The van der Waals surface area contributed by atoms with E-state index in [1.54, 1.807) is 20.8 Å². The average Bonchev–Trinajstić information content (AvgIpc) is 2.91. The normalized spacial score (nSPS) is 15.4. The van der Waals surface area contributed by atoms with E-state index < -0.39 is 35.7 Å². The molecule has 41 heavy (non-hydrogen) atoms. The lowest BCUT2D eigenvalue weighted by Gasteiger charge is -2.42. The highest BCUT2D eigenvalue weighted by atomic mass is 16.4. The first-order chi connectivity index (χ1) is 19.5. The van der Waals surface area contributed by atoms with Crippen LogP contribution in [0.4, 0.5) is 0 Å². The van der Waals surface area contributed by atoms with Crippen LogP contribution in [0.3, 0.4) is 0 Å². The Bertz CT molecular complexity index is 667. The summed E-state index contributed by atoms with van der Waals surface area (Å²) in [5.74, 6) is -4.80. The van der Waals surface area contributed by atoms with Crippen molar-refractivity contribution in [3.63, 3.8) is 0 Å². The minimum atomic E-state index is -0.931. The van der Waals surface area contributed by atoms with Gasteiger partial charge >= 0.3 is 17.9 Å². The van der Waals surface area contributed by atoms with E-state index in [9.17, 15) is 29.7 Å². The maximum absolute atomic E-state index is 11.6.